The van der Waals surface area contributed by atoms with Gasteiger partial charge in [-0.15, -0.1) is 35.7 Å². The lowest BCUT2D eigenvalue weighted by atomic mass is 10.1. The molecule has 9 heteroatoms. The van der Waals surface area contributed by atoms with Gasteiger partial charge in [0.25, 0.3) is 0 Å². The van der Waals surface area contributed by atoms with Gasteiger partial charge in [-0.05, 0) is 25.0 Å². The number of aliphatic imine (C=N–C) groups is 1. The normalized spacial score (nSPS) is 17.7. The van der Waals surface area contributed by atoms with Crippen LogP contribution in [0, 0.1) is 5.92 Å². The van der Waals surface area contributed by atoms with Gasteiger partial charge in [0.2, 0.25) is 0 Å². The van der Waals surface area contributed by atoms with Crippen LogP contribution in [0.15, 0.2) is 46.5 Å². The van der Waals surface area contributed by atoms with Crippen molar-refractivity contribution in [1.29, 1.82) is 0 Å². The second-order valence-electron chi connectivity index (χ2n) is 7.51. The maximum absolute atomic E-state index is 5.98. The summed E-state index contributed by atoms with van der Waals surface area (Å²) in [6.07, 6.45) is 3.93. The Labute approximate surface area is 207 Å². The molecule has 0 bridgehead atoms. The monoisotopic (exact) mass is 559 g/mol. The van der Waals surface area contributed by atoms with Gasteiger partial charge >= 0.3 is 0 Å². The van der Waals surface area contributed by atoms with Crippen LogP contribution in [0.1, 0.15) is 25.5 Å². The molecule has 0 aliphatic carbocycles. The number of hydrogen-bond donors (Lipinski definition) is 1. The number of benzene rings is 1. The summed E-state index contributed by atoms with van der Waals surface area (Å²) in [4.78, 5) is 8.41. The average molecular weight is 560 g/mol. The Morgan fingerprint density at radius 3 is 2.94 bits per heavy atom. The van der Waals surface area contributed by atoms with E-state index in [0.29, 0.717) is 12.5 Å². The first-order valence-corrected chi connectivity index (χ1v) is 11.5. The minimum atomic E-state index is 0. The van der Waals surface area contributed by atoms with E-state index in [2.05, 4.69) is 35.2 Å². The smallest absolute Gasteiger partial charge is 0.194 e. The van der Waals surface area contributed by atoms with E-state index < -0.39 is 0 Å². The number of ether oxygens (including phenoxy) is 2. The maximum Gasteiger partial charge on any atom is 0.194 e. The van der Waals surface area contributed by atoms with Gasteiger partial charge in [-0.1, -0.05) is 19.1 Å². The molecule has 1 fully saturated rings. The molecule has 1 aromatic heterocycles. The summed E-state index contributed by atoms with van der Waals surface area (Å²) >= 11 is 1.82. The predicted molar refractivity (Wildman–Crippen MR) is 138 cm³/mol. The van der Waals surface area contributed by atoms with Crippen LogP contribution in [-0.2, 0) is 11.8 Å². The van der Waals surface area contributed by atoms with Crippen molar-refractivity contribution in [2.24, 2.45) is 18.0 Å². The van der Waals surface area contributed by atoms with E-state index in [0.717, 1.165) is 49.2 Å². The van der Waals surface area contributed by atoms with Crippen molar-refractivity contribution in [2.45, 2.75) is 24.8 Å². The summed E-state index contributed by atoms with van der Waals surface area (Å²) in [7, 11) is 3.65. The molecule has 3 rings (SSSR count). The van der Waals surface area contributed by atoms with Gasteiger partial charge in [0.05, 0.1) is 26.5 Å². The number of aromatic nitrogens is 2. The maximum atomic E-state index is 5.98. The van der Waals surface area contributed by atoms with Crippen molar-refractivity contribution in [2.75, 3.05) is 45.6 Å². The Balaban J connectivity index is 0.00000341. The van der Waals surface area contributed by atoms with Crippen molar-refractivity contribution in [3.63, 3.8) is 0 Å². The summed E-state index contributed by atoms with van der Waals surface area (Å²) < 4.78 is 13.2. The first-order valence-electron chi connectivity index (χ1n) is 10.5. The largest absolute Gasteiger partial charge is 0.496 e. The fourth-order valence-corrected chi connectivity index (χ4v) is 4.38. The summed E-state index contributed by atoms with van der Waals surface area (Å²) in [5.41, 5.74) is 1.11. The number of hydrogen-bond acceptors (Lipinski definition) is 5. The Bertz CT molecular complexity index is 832. The topological polar surface area (TPSA) is 63.9 Å². The highest BCUT2D eigenvalue weighted by atomic mass is 127. The number of rotatable bonds is 8. The molecule has 0 spiro atoms. The van der Waals surface area contributed by atoms with E-state index in [4.69, 9.17) is 14.5 Å². The molecule has 172 valence electrons. The molecule has 1 aromatic carbocycles. The third-order valence-electron chi connectivity index (χ3n) is 4.94. The van der Waals surface area contributed by atoms with Crippen molar-refractivity contribution >= 4 is 41.7 Å². The lowest BCUT2D eigenvalue weighted by Crippen LogP contribution is -2.48. The number of nitrogens with zero attached hydrogens (tertiary/aromatic N) is 4. The zero-order valence-electron chi connectivity index (χ0n) is 18.8. The van der Waals surface area contributed by atoms with Crippen molar-refractivity contribution in [3.05, 3.63) is 42.2 Å². The summed E-state index contributed by atoms with van der Waals surface area (Å²) in [5, 5.41) is 7.73. The Hall–Kier alpha value is -1.46. The summed E-state index contributed by atoms with van der Waals surface area (Å²) in [5.74, 6) is 3.33. The predicted octanol–water partition coefficient (Wildman–Crippen LogP) is 3.81. The number of para-hydroxylation sites is 1. The number of nitrogens with one attached hydrogen (secondary N) is 1. The Kier molecular flexibility index (Phi) is 11.0. The molecule has 2 atom stereocenters. The van der Waals surface area contributed by atoms with E-state index in [-0.39, 0.29) is 30.1 Å². The number of thioether (sulfide) groups is 1. The number of guanidine groups is 1. The molecular weight excluding hydrogens is 525 g/mol. The summed E-state index contributed by atoms with van der Waals surface area (Å²) in [6.45, 7) is 8.28. The van der Waals surface area contributed by atoms with Gasteiger partial charge in [0, 0.05) is 49.1 Å². The molecule has 0 amide bonds. The molecule has 1 saturated heterocycles. The lowest BCUT2D eigenvalue weighted by Gasteiger charge is -2.35. The van der Waals surface area contributed by atoms with Gasteiger partial charge in [-0.2, -0.15) is 5.10 Å². The molecule has 1 N–H and O–H groups in total. The van der Waals surface area contributed by atoms with Crippen molar-refractivity contribution < 1.29 is 9.47 Å². The molecule has 2 heterocycles. The zero-order chi connectivity index (χ0) is 21.3. The fourth-order valence-electron chi connectivity index (χ4n) is 3.34. The molecule has 1 aliphatic rings. The Morgan fingerprint density at radius 1 is 1.42 bits per heavy atom. The van der Waals surface area contributed by atoms with E-state index >= 15 is 0 Å². The standard InChI is InChI=1S/C22H33N5O2S.HI/c1-5-23-22(27-10-11-29-20(15-27)18-13-25-26(3)14-18)24-12-17(2)16-30-21-9-7-6-8-19(21)28-4;/h6-9,13-14,17,20H,5,10-12,15-16H2,1-4H3,(H,23,24);1H. The van der Waals surface area contributed by atoms with Gasteiger partial charge < -0.3 is 19.7 Å². The van der Waals surface area contributed by atoms with Gasteiger partial charge in [0.15, 0.2) is 5.96 Å². The minimum absolute atomic E-state index is 0. The van der Waals surface area contributed by atoms with Crippen LogP contribution in [0.5, 0.6) is 5.75 Å². The van der Waals surface area contributed by atoms with Gasteiger partial charge in [-0.25, -0.2) is 0 Å². The fraction of sp³-hybridized carbons (Fsp3) is 0.545. The van der Waals surface area contributed by atoms with Gasteiger partial charge in [-0.3, -0.25) is 9.67 Å². The number of methoxy groups -OCH3 is 1. The highest BCUT2D eigenvalue weighted by Gasteiger charge is 2.25. The second-order valence-corrected chi connectivity index (χ2v) is 8.58. The average Bonchev–Trinajstić information content (AvgIpc) is 3.21. The number of morpholine rings is 1. The molecule has 0 saturated carbocycles. The van der Waals surface area contributed by atoms with Crippen LogP contribution in [0.4, 0.5) is 0 Å². The third-order valence-corrected chi connectivity index (χ3v) is 6.33. The molecule has 7 nitrogen and oxygen atoms in total. The zero-order valence-corrected chi connectivity index (χ0v) is 21.9. The minimum Gasteiger partial charge on any atom is -0.496 e. The van der Waals surface area contributed by atoms with Crippen LogP contribution in [-0.4, -0.2) is 66.3 Å². The van der Waals surface area contributed by atoms with E-state index in [1.54, 1.807) is 7.11 Å². The van der Waals surface area contributed by atoms with E-state index in [9.17, 15) is 0 Å². The van der Waals surface area contributed by atoms with E-state index in [1.807, 2.05) is 54.1 Å². The van der Waals surface area contributed by atoms with Gasteiger partial charge in [0.1, 0.15) is 11.9 Å². The number of halogens is 1. The molecule has 31 heavy (non-hydrogen) atoms. The quantitative estimate of drug-likeness (QED) is 0.230. The van der Waals surface area contributed by atoms with Crippen molar-refractivity contribution in [3.8, 4) is 5.75 Å². The van der Waals surface area contributed by atoms with Crippen molar-refractivity contribution in [1.82, 2.24) is 20.0 Å². The van der Waals surface area contributed by atoms with Crippen LogP contribution in [0.3, 0.4) is 0 Å². The van der Waals surface area contributed by atoms with Crippen LogP contribution >= 0.6 is 35.7 Å². The molecule has 2 aromatic rings. The van der Waals surface area contributed by atoms with Crippen LogP contribution in [0.2, 0.25) is 0 Å². The number of aryl methyl sites for hydroxylation is 1. The first kappa shape index (κ1) is 25.8. The SMILES string of the molecule is CCNC(=NCC(C)CSc1ccccc1OC)N1CCOC(c2cnn(C)c2)C1.I. The molecule has 1 aliphatic heterocycles. The molecule has 0 radical (unpaired) electrons. The third kappa shape index (κ3) is 7.57. The van der Waals surface area contributed by atoms with Crippen LogP contribution in [0.25, 0.3) is 0 Å². The van der Waals surface area contributed by atoms with Crippen LogP contribution < -0.4 is 10.1 Å². The summed E-state index contributed by atoms with van der Waals surface area (Å²) in [6, 6.07) is 8.16. The molecule has 2 unspecified atom stereocenters. The molecular formula is C22H34IN5O2S. The highest BCUT2D eigenvalue weighted by molar-refractivity contribution is 14.0. The Morgan fingerprint density at radius 2 is 2.23 bits per heavy atom. The highest BCUT2D eigenvalue weighted by Crippen LogP contribution is 2.30. The van der Waals surface area contributed by atoms with E-state index in [1.165, 1.54) is 4.90 Å². The second kappa shape index (κ2) is 13.2. The first-order chi connectivity index (χ1) is 14.6. The lowest BCUT2D eigenvalue weighted by molar-refractivity contribution is -0.00805.